The molecule has 5 rings (SSSR count). The summed E-state index contributed by atoms with van der Waals surface area (Å²) in [5.74, 6) is -3.19. The predicted octanol–water partition coefficient (Wildman–Crippen LogP) is 3.48. The number of hydrogen-bond donors (Lipinski definition) is 3. The number of hydroxylamine groups is 1. The van der Waals surface area contributed by atoms with Gasteiger partial charge in [-0.3, -0.25) is 19.8 Å². The van der Waals surface area contributed by atoms with Crippen LogP contribution < -0.4 is 10.2 Å². The van der Waals surface area contributed by atoms with Crippen molar-refractivity contribution in [3.05, 3.63) is 71.9 Å². The van der Waals surface area contributed by atoms with Gasteiger partial charge >= 0.3 is 12.1 Å². The van der Waals surface area contributed by atoms with Crippen molar-refractivity contribution in [2.75, 3.05) is 25.9 Å². The van der Waals surface area contributed by atoms with Crippen LogP contribution in [0.3, 0.4) is 0 Å². The lowest BCUT2D eigenvalue weighted by molar-refractivity contribution is -0.192. The van der Waals surface area contributed by atoms with Gasteiger partial charge in [0.1, 0.15) is 18.4 Å². The highest BCUT2D eigenvalue weighted by atomic mass is 32.2. The first-order chi connectivity index (χ1) is 22.1. The smallest absolute Gasteiger partial charge is 0.489 e. The number of aromatic nitrogens is 1. The molecule has 2 atom stereocenters. The van der Waals surface area contributed by atoms with E-state index in [1.807, 2.05) is 61.5 Å². The fourth-order valence-electron chi connectivity index (χ4n) is 5.96. The standard InChI is InChI=1S/C29H34N4O6S.C2HF3O2/c1-29(22-7-9-23(10-8-22)39-19-21-11-15-30-25-6-4-3-5-24(21)25)14-18-33(28(29)35)26(27(34)31-36)20-12-16-32(17-13-20)40(2,37)38;3-2(4,5)1(6)7/h3-11,15,20,26,36H,12-14,16-19H2,1-2H3,(H,31,34);(H,6,7). The van der Waals surface area contributed by atoms with Gasteiger partial charge in [0.05, 0.1) is 17.2 Å². The van der Waals surface area contributed by atoms with Gasteiger partial charge in [-0.15, -0.1) is 0 Å². The second-order valence-corrected chi connectivity index (χ2v) is 13.6. The van der Waals surface area contributed by atoms with Crippen LogP contribution in [0.25, 0.3) is 10.9 Å². The van der Waals surface area contributed by atoms with Crippen LogP contribution in [0.15, 0.2) is 60.8 Å². The zero-order valence-corrected chi connectivity index (χ0v) is 26.4. The van der Waals surface area contributed by atoms with Crippen molar-refractivity contribution in [2.45, 2.75) is 50.4 Å². The number of aliphatic carboxylic acids is 1. The average Bonchev–Trinajstić information content (AvgIpc) is 3.34. The van der Waals surface area contributed by atoms with E-state index in [4.69, 9.17) is 14.6 Å². The number of amides is 2. The SMILES string of the molecule is CC1(c2ccc(OCc3ccnc4ccccc34)cc2)CCN(C(C(=O)NO)C2CCN(S(C)(=O)=O)CC2)C1=O.O=C(O)C(F)(F)F. The summed E-state index contributed by atoms with van der Waals surface area (Å²) in [6, 6.07) is 16.4. The molecule has 0 saturated carbocycles. The van der Waals surface area contributed by atoms with Crippen LogP contribution in [0, 0.1) is 5.92 Å². The number of carboxylic acids is 1. The molecule has 47 heavy (non-hydrogen) atoms. The summed E-state index contributed by atoms with van der Waals surface area (Å²) in [5, 5.41) is 17.6. The minimum atomic E-state index is -5.08. The van der Waals surface area contributed by atoms with Gasteiger partial charge in [0.15, 0.2) is 0 Å². The lowest BCUT2D eigenvalue weighted by atomic mass is 9.81. The predicted molar refractivity (Wildman–Crippen MR) is 163 cm³/mol. The van der Waals surface area contributed by atoms with E-state index in [1.165, 1.54) is 4.31 Å². The van der Waals surface area contributed by atoms with Crippen LogP contribution in [-0.4, -0.2) is 88.8 Å². The van der Waals surface area contributed by atoms with Crippen LogP contribution in [0.5, 0.6) is 5.75 Å². The van der Waals surface area contributed by atoms with Crippen molar-refractivity contribution < 1.29 is 51.0 Å². The number of carbonyl (C=O) groups excluding carboxylic acids is 2. The molecule has 2 saturated heterocycles. The zero-order chi connectivity index (χ0) is 34.6. The van der Waals surface area contributed by atoms with Gasteiger partial charge in [0.2, 0.25) is 15.9 Å². The number of likely N-dealkylation sites (tertiary alicyclic amines) is 1. The van der Waals surface area contributed by atoms with Gasteiger partial charge in [-0.25, -0.2) is 23.0 Å². The first-order valence-corrected chi connectivity index (χ1v) is 16.5. The number of fused-ring (bicyclic) bond motifs is 1. The third-order valence-electron chi connectivity index (χ3n) is 8.58. The Morgan fingerprint density at radius 2 is 1.70 bits per heavy atom. The van der Waals surface area contributed by atoms with E-state index in [9.17, 15) is 36.4 Å². The fourth-order valence-corrected chi connectivity index (χ4v) is 6.84. The number of sulfonamides is 1. The second-order valence-electron chi connectivity index (χ2n) is 11.6. The summed E-state index contributed by atoms with van der Waals surface area (Å²) < 4.78 is 63.0. The first kappa shape index (κ1) is 35.6. The maximum absolute atomic E-state index is 13.8. The molecular weight excluding hydrogens is 645 g/mol. The highest BCUT2D eigenvalue weighted by Crippen LogP contribution is 2.39. The summed E-state index contributed by atoms with van der Waals surface area (Å²) in [4.78, 5) is 41.4. The fraction of sp³-hybridized carbons (Fsp3) is 0.419. The Kier molecular flexibility index (Phi) is 10.8. The van der Waals surface area contributed by atoms with E-state index < -0.39 is 39.5 Å². The summed E-state index contributed by atoms with van der Waals surface area (Å²) in [6.45, 7) is 3.15. The normalized spacial score (nSPS) is 20.0. The number of pyridine rings is 1. The number of benzene rings is 2. The van der Waals surface area contributed by atoms with E-state index in [-0.39, 0.29) is 24.9 Å². The number of carboxylic acid groups (broad SMARTS) is 1. The third kappa shape index (κ3) is 8.18. The summed E-state index contributed by atoms with van der Waals surface area (Å²) in [7, 11) is -3.33. The number of hydrogen-bond acceptors (Lipinski definition) is 8. The molecule has 254 valence electrons. The lowest BCUT2D eigenvalue weighted by Gasteiger charge is -2.38. The molecule has 3 N–H and O–H groups in total. The molecular formula is C31H35F3N4O8S. The minimum absolute atomic E-state index is 0.191. The highest BCUT2D eigenvalue weighted by molar-refractivity contribution is 7.88. The number of rotatable bonds is 8. The minimum Gasteiger partial charge on any atom is -0.489 e. The largest absolute Gasteiger partial charge is 0.490 e. The maximum atomic E-state index is 13.8. The average molecular weight is 681 g/mol. The van der Waals surface area contributed by atoms with E-state index >= 15 is 0 Å². The quantitative estimate of drug-likeness (QED) is 0.239. The van der Waals surface area contributed by atoms with Gasteiger partial charge in [-0.1, -0.05) is 30.3 Å². The maximum Gasteiger partial charge on any atom is 0.490 e. The monoisotopic (exact) mass is 680 g/mol. The molecule has 2 unspecified atom stereocenters. The van der Waals surface area contributed by atoms with Gasteiger partial charge in [0, 0.05) is 36.8 Å². The van der Waals surface area contributed by atoms with Crippen molar-refractivity contribution in [2.24, 2.45) is 5.92 Å². The van der Waals surface area contributed by atoms with Gasteiger partial charge in [0.25, 0.3) is 5.91 Å². The number of ether oxygens (including phenoxy) is 1. The molecule has 12 nitrogen and oxygen atoms in total. The molecule has 2 aromatic carbocycles. The molecule has 2 aliphatic heterocycles. The highest BCUT2D eigenvalue weighted by Gasteiger charge is 2.50. The molecule has 0 bridgehead atoms. The molecule has 2 amide bonds. The van der Waals surface area contributed by atoms with Crippen molar-refractivity contribution in [3.8, 4) is 5.75 Å². The van der Waals surface area contributed by atoms with Crippen LogP contribution in [0.2, 0.25) is 0 Å². The molecule has 2 fully saturated rings. The molecule has 1 aromatic heterocycles. The van der Waals surface area contributed by atoms with Crippen molar-refractivity contribution in [1.29, 1.82) is 0 Å². The van der Waals surface area contributed by atoms with Crippen LogP contribution in [-0.2, 0) is 36.4 Å². The van der Waals surface area contributed by atoms with Crippen molar-refractivity contribution in [3.63, 3.8) is 0 Å². The Morgan fingerprint density at radius 3 is 2.28 bits per heavy atom. The summed E-state index contributed by atoms with van der Waals surface area (Å²) in [6.07, 6.45) is -0.804. The molecule has 16 heteroatoms. The third-order valence-corrected chi connectivity index (χ3v) is 9.89. The van der Waals surface area contributed by atoms with Crippen LogP contribution >= 0.6 is 0 Å². The Labute approximate surface area is 269 Å². The second kappa shape index (κ2) is 14.2. The zero-order valence-electron chi connectivity index (χ0n) is 25.6. The van der Waals surface area contributed by atoms with Crippen LogP contribution in [0.1, 0.15) is 37.3 Å². The van der Waals surface area contributed by atoms with E-state index in [0.29, 0.717) is 38.2 Å². The number of piperidine rings is 1. The molecule has 0 spiro atoms. The van der Waals surface area contributed by atoms with E-state index in [0.717, 1.165) is 28.3 Å². The number of nitrogens with one attached hydrogen (secondary N) is 1. The molecule has 0 aliphatic carbocycles. The summed E-state index contributed by atoms with van der Waals surface area (Å²) in [5.41, 5.74) is 3.63. The van der Waals surface area contributed by atoms with E-state index in [1.54, 1.807) is 16.6 Å². The molecule has 3 heterocycles. The molecule has 3 aromatic rings. The van der Waals surface area contributed by atoms with E-state index in [2.05, 4.69) is 4.98 Å². The Bertz CT molecular complexity index is 1710. The lowest BCUT2D eigenvalue weighted by Crippen LogP contribution is -2.55. The topological polar surface area (TPSA) is 166 Å². The molecule has 0 radical (unpaired) electrons. The van der Waals surface area contributed by atoms with Gasteiger partial charge in [-0.05, 0) is 61.9 Å². The Balaban J connectivity index is 0.000000644. The molecule has 2 aliphatic rings. The van der Waals surface area contributed by atoms with Crippen LogP contribution in [0.4, 0.5) is 13.2 Å². The Hall–Kier alpha value is -4.28. The number of halogens is 3. The summed E-state index contributed by atoms with van der Waals surface area (Å²) >= 11 is 0. The van der Waals surface area contributed by atoms with Crippen molar-refractivity contribution >= 4 is 38.7 Å². The number of alkyl halides is 3. The number of nitrogens with zero attached hydrogens (tertiary/aromatic N) is 3. The first-order valence-electron chi connectivity index (χ1n) is 14.6. The van der Waals surface area contributed by atoms with Gasteiger partial charge < -0.3 is 14.7 Å². The number of para-hydroxylation sites is 1. The van der Waals surface area contributed by atoms with Gasteiger partial charge in [-0.2, -0.15) is 13.2 Å². The van der Waals surface area contributed by atoms with Crippen molar-refractivity contribution in [1.82, 2.24) is 19.7 Å². The number of carbonyl (C=O) groups is 3. The Morgan fingerprint density at radius 1 is 1.09 bits per heavy atom.